The molecule has 0 bridgehead atoms. The first-order valence-electron chi connectivity index (χ1n) is 8.39. The highest BCUT2D eigenvalue weighted by atomic mass is 16.4. The number of nitrogens with zero attached hydrogens (tertiary/aromatic N) is 1. The first-order chi connectivity index (χ1) is 12.1. The summed E-state index contributed by atoms with van der Waals surface area (Å²) in [5.74, 6) is -2.83. The molecular formula is C15H30N6O5. The standard InChI is InChI=1S/C15H30N6O5/c1-3-8(2)11(16)13(24)20-9(5-4-6-19-15(17)18)12(23)21-10(7-22)14(25)26/h8-11,22H,3-7,16H2,1-2H3,(H,20,24)(H,21,23)(H,25,26)(H4,17,18,19). The van der Waals surface area contributed by atoms with Gasteiger partial charge in [-0.2, -0.15) is 0 Å². The number of amides is 2. The van der Waals surface area contributed by atoms with E-state index in [0.29, 0.717) is 12.8 Å². The number of carboxylic acids is 1. The van der Waals surface area contributed by atoms with Crippen molar-refractivity contribution in [2.75, 3.05) is 13.2 Å². The van der Waals surface area contributed by atoms with E-state index < -0.39 is 42.5 Å². The molecule has 4 atom stereocenters. The van der Waals surface area contributed by atoms with Gasteiger partial charge < -0.3 is 38.0 Å². The van der Waals surface area contributed by atoms with Crippen LogP contribution in [0.25, 0.3) is 0 Å². The Balaban J connectivity index is 5.03. The zero-order chi connectivity index (χ0) is 20.3. The number of nitrogens with one attached hydrogen (secondary N) is 2. The number of carboxylic acid groups (broad SMARTS) is 1. The lowest BCUT2D eigenvalue weighted by Crippen LogP contribution is -2.56. The minimum Gasteiger partial charge on any atom is -0.480 e. The number of carbonyl (C=O) groups is 3. The normalized spacial score (nSPS) is 15.2. The Hall–Kier alpha value is -2.40. The van der Waals surface area contributed by atoms with E-state index in [1.54, 1.807) is 0 Å². The minimum absolute atomic E-state index is 0.0930. The quantitative estimate of drug-likeness (QED) is 0.110. The van der Waals surface area contributed by atoms with Gasteiger partial charge >= 0.3 is 5.97 Å². The molecule has 150 valence electrons. The molecule has 0 aliphatic carbocycles. The number of hydrogen-bond donors (Lipinski definition) is 7. The van der Waals surface area contributed by atoms with Crippen LogP contribution >= 0.6 is 0 Å². The molecule has 0 fully saturated rings. The smallest absolute Gasteiger partial charge is 0.328 e. The lowest BCUT2D eigenvalue weighted by Gasteiger charge is -2.24. The van der Waals surface area contributed by atoms with Crippen LogP contribution in [0.1, 0.15) is 33.1 Å². The maximum Gasteiger partial charge on any atom is 0.328 e. The summed E-state index contributed by atoms with van der Waals surface area (Å²) in [7, 11) is 0. The Bertz CT molecular complexity index is 509. The van der Waals surface area contributed by atoms with Crippen molar-refractivity contribution in [2.24, 2.45) is 28.1 Å². The summed E-state index contributed by atoms with van der Waals surface area (Å²) in [6.45, 7) is 3.16. The van der Waals surface area contributed by atoms with Gasteiger partial charge in [0.15, 0.2) is 5.96 Å². The van der Waals surface area contributed by atoms with Crippen molar-refractivity contribution in [1.29, 1.82) is 0 Å². The molecule has 0 aliphatic heterocycles. The molecule has 0 saturated carbocycles. The van der Waals surface area contributed by atoms with Crippen LogP contribution in [0.5, 0.6) is 0 Å². The zero-order valence-corrected chi connectivity index (χ0v) is 15.1. The maximum absolute atomic E-state index is 12.3. The van der Waals surface area contributed by atoms with Crippen molar-refractivity contribution in [3.63, 3.8) is 0 Å². The molecule has 11 heteroatoms. The number of carbonyl (C=O) groups excluding carboxylic acids is 2. The molecule has 10 N–H and O–H groups in total. The number of rotatable bonds is 12. The summed E-state index contributed by atoms with van der Waals surface area (Å²) in [6, 6.07) is -3.30. The van der Waals surface area contributed by atoms with Crippen molar-refractivity contribution in [3.8, 4) is 0 Å². The topological polar surface area (TPSA) is 206 Å². The number of guanidine groups is 1. The van der Waals surface area contributed by atoms with E-state index in [1.165, 1.54) is 0 Å². The van der Waals surface area contributed by atoms with Crippen LogP contribution in [0.2, 0.25) is 0 Å². The van der Waals surface area contributed by atoms with E-state index in [-0.39, 0.29) is 24.8 Å². The summed E-state index contributed by atoms with van der Waals surface area (Å²) in [5, 5.41) is 22.7. The molecule has 0 heterocycles. The summed E-state index contributed by atoms with van der Waals surface area (Å²) >= 11 is 0. The molecular weight excluding hydrogens is 344 g/mol. The number of aliphatic hydroxyl groups excluding tert-OH is 1. The molecule has 2 amide bonds. The second-order valence-corrected chi connectivity index (χ2v) is 6.00. The molecule has 26 heavy (non-hydrogen) atoms. The third-order valence-corrected chi connectivity index (χ3v) is 3.94. The Morgan fingerprint density at radius 1 is 1.12 bits per heavy atom. The monoisotopic (exact) mass is 374 g/mol. The van der Waals surface area contributed by atoms with Crippen LogP contribution in [0.15, 0.2) is 4.99 Å². The van der Waals surface area contributed by atoms with Gasteiger partial charge in [0.25, 0.3) is 0 Å². The Labute approximate surface area is 152 Å². The SMILES string of the molecule is CCC(C)C(N)C(=O)NC(CCCN=C(N)N)C(=O)NC(CO)C(=O)O. The molecule has 0 aromatic rings. The molecule has 0 saturated heterocycles. The van der Waals surface area contributed by atoms with E-state index in [0.717, 1.165) is 0 Å². The summed E-state index contributed by atoms with van der Waals surface area (Å²) in [4.78, 5) is 39.3. The third-order valence-electron chi connectivity index (χ3n) is 3.94. The molecule has 0 aromatic carbocycles. The van der Waals surface area contributed by atoms with Crippen LogP contribution in [-0.4, -0.2) is 65.2 Å². The lowest BCUT2D eigenvalue weighted by molar-refractivity contribution is -0.143. The van der Waals surface area contributed by atoms with Crippen molar-refractivity contribution < 1.29 is 24.6 Å². The number of nitrogens with two attached hydrogens (primary N) is 3. The van der Waals surface area contributed by atoms with Crippen LogP contribution < -0.4 is 27.8 Å². The third kappa shape index (κ3) is 8.62. The maximum atomic E-state index is 12.3. The second kappa shape index (κ2) is 12.0. The number of aliphatic imine (C=N–C) groups is 1. The van der Waals surface area contributed by atoms with E-state index in [4.69, 9.17) is 27.4 Å². The fraction of sp³-hybridized carbons (Fsp3) is 0.733. The van der Waals surface area contributed by atoms with E-state index >= 15 is 0 Å². The highest BCUT2D eigenvalue weighted by Crippen LogP contribution is 2.07. The first kappa shape index (κ1) is 23.6. The fourth-order valence-electron chi connectivity index (χ4n) is 2.01. The minimum atomic E-state index is -1.47. The lowest BCUT2D eigenvalue weighted by atomic mass is 9.98. The highest BCUT2D eigenvalue weighted by Gasteiger charge is 2.28. The average molecular weight is 374 g/mol. The van der Waals surface area contributed by atoms with Gasteiger partial charge in [-0.25, -0.2) is 4.79 Å². The fourth-order valence-corrected chi connectivity index (χ4v) is 2.01. The van der Waals surface area contributed by atoms with Crippen molar-refractivity contribution in [3.05, 3.63) is 0 Å². The molecule has 0 radical (unpaired) electrons. The molecule has 0 rings (SSSR count). The average Bonchev–Trinajstić information content (AvgIpc) is 2.59. The van der Waals surface area contributed by atoms with Crippen molar-refractivity contribution >= 4 is 23.7 Å². The number of aliphatic hydroxyl groups is 1. The van der Waals surface area contributed by atoms with Crippen LogP contribution in [0.4, 0.5) is 0 Å². The number of aliphatic carboxylic acids is 1. The predicted octanol–water partition coefficient (Wildman–Crippen LogP) is -2.54. The van der Waals surface area contributed by atoms with Gasteiger partial charge in [-0.1, -0.05) is 20.3 Å². The Kier molecular flexibility index (Phi) is 10.9. The van der Waals surface area contributed by atoms with Gasteiger partial charge in [-0.05, 0) is 18.8 Å². The van der Waals surface area contributed by atoms with Crippen LogP contribution in [0.3, 0.4) is 0 Å². The highest BCUT2D eigenvalue weighted by molar-refractivity contribution is 5.91. The van der Waals surface area contributed by atoms with Gasteiger partial charge in [0, 0.05) is 6.54 Å². The Morgan fingerprint density at radius 2 is 1.69 bits per heavy atom. The molecule has 11 nitrogen and oxygen atoms in total. The molecule has 0 spiro atoms. The van der Waals surface area contributed by atoms with Crippen LogP contribution in [0, 0.1) is 5.92 Å². The molecule has 0 aromatic heterocycles. The van der Waals surface area contributed by atoms with Gasteiger partial charge in [-0.3, -0.25) is 14.6 Å². The van der Waals surface area contributed by atoms with Crippen molar-refractivity contribution in [1.82, 2.24) is 10.6 Å². The molecule has 0 aliphatic rings. The van der Waals surface area contributed by atoms with Gasteiger partial charge in [0.2, 0.25) is 11.8 Å². The van der Waals surface area contributed by atoms with Crippen LogP contribution in [-0.2, 0) is 14.4 Å². The predicted molar refractivity (Wildman–Crippen MR) is 95.9 cm³/mol. The summed E-state index contributed by atoms with van der Waals surface area (Å²) < 4.78 is 0. The van der Waals surface area contributed by atoms with E-state index in [2.05, 4.69) is 15.6 Å². The summed E-state index contributed by atoms with van der Waals surface area (Å²) in [5.41, 5.74) is 16.3. The largest absolute Gasteiger partial charge is 0.480 e. The zero-order valence-electron chi connectivity index (χ0n) is 15.1. The van der Waals surface area contributed by atoms with Gasteiger partial charge in [0.05, 0.1) is 12.6 Å². The molecule has 4 unspecified atom stereocenters. The number of hydrogen-bond acceptors (Lipinski definition) is 6. The first-order valence-corrected chi connectivity index (χ1v) is 8.39. The Morgan fingerprint density at radius 3 is 2.15 bits per heavy atom. The van der Waals surface area contributed by atoms with Gasteiger partial charge in [0.1, 0.15) is 12.1 Å². The second-order valence-electron chi connectivity index (χ2n) is 6.00. The van der Waals surface area contributed by atoms with Gasteiger partial charge in [-0.15, -0.1) is 0 Å². The summed E-state index contributed by atoms with van der Waals surface area (Å²) in [6.07, 6.45) is 1.21. The van der Waals surface area contributed by atoms with Crippen molar-refractivity contribution in [2.45, 2.75) is 51.2 Å². The van der Waals surface area contributed by atoms with E-state index in [9.17, 15) is 14.4 Å². The van der Waals surface area contributed by atoms with E-state index in [1.807, 2.05) is 13.8 Å².